The molecule has 3 heteroatoms. The van der Waals surface area contributed by atoms with Gasteiger partial charge in [-0.3, -0.25) is 4.79 Å². The second-order valence-corrected chi connectivity index (χ2v) is 5.82. The minimum absolute atomic E-state index is 0.149. The molecule has 3 nitrogen and oxygen atoms in total. The van der Waals surface area contributed by atoms with E-state index in [2.05, 4.69) is 5.32 Å². The molecule has 0 aliphatic carbocycles. The number of nitrogens with one attached hydrogen (secondary N) is 1. The summed E-state index contributed by atoms with van der Waals surface area (Å²) in [6.07, 6.45) is -0.554. The van der Waals surface area contributed by atoms with Crippen LogP contribution < -0.4 is 10.1 Å². The van der Waals surface area contributed by atoms with Gasteiger partial charge in [-0.1, -0.05) is 18.2 Å². The van der Waals surface area contributed by atoms with Gasteiger partial charge in [-0.05, 0) is 75.1 Å². The quantitative estimate of drug-likeness (QED) is 0.912. The van der Waals surface area contributed by atoms with E-state index in [1.54, 1.807) is 6.92 Å². The molecule has 1 atom stereocenters. The number of amides is 1. The second kappa shape index (κ2) is 6.65. The van der Waals surface area contributed by atoms with Crippen molar-refractivity contribution >= 4 is 11.6 Å². The van der Waals surface area contributed by atoms with Gasteiger partial charge in [0.1, 0.15) is 5.75 Å². The van der Waals surface area contributed by atoms with Gasteiger partial charge in [-0.15, -0.1) is 0 Å². The molecule has 0 spiro atoms. The predicted octanol–water partition coefficient (Wildman–Crippen LogP) is 4.33. The molecule has 0 heterocycles. The van der Waals surface area contributed by atoms with Crippen LogP contribution in [0.1, 0.15) is 29.2 Å². The Morgan fingerprint density at radius 1 is 0.955 bits per heavy atom. The Bertz CT molecular complexity index is 692. The molecule has 0 radical (unpaired) electrons. The van der Waals surface area contributed by atoms with Crippen LogP contribution in [-0.4, -0.2) is 12.0 Å². The van der Waals surface area contributed by atoms with Gasteiger partial charge in [0.15, 0.2) is 6.10 Å². The highest BCUT2D eigenvalue weighted by Gasteiger charge is 2.16. The molecule has 2 rings (SSSR count). The largest absolute Gasteiger partial charge is 0.481 e. The zero-order valence-corrected chi connectivity index (χ0v) is 13.9. The van der Waals surface area contributed by atoms with Crippen LogP contribution in [0.25, 0.3) is 0 Å². The normalized spacial score (nSPS) is 11.9. The first-order valence-corrected chi connectivity index (χ1v) is 7.49. The number of carbonyl (C=O) groups excluding carboxylic acids is 1. The molecule has 0 unspecified atom stereocenters. The molecule has 0 aromatic heterocycles. The van der Waals surface area contributed by atoms with Crippen molar-refractivity contribution < 1.29 is 9.53 Å². The van der Waals surface area contributed by atoms with E-state index in [4.69, 9.17) is 4.74 Å². The van der Waals surface area contributed by atoms with Gasteiger partial charge in [-0.25, -0.2) is 0 Å². The van der Waals surface area contributed by atoms with Crippen LogP contribution in [0.4, 0.5) is 5.69 Å². The van der Waals surface area contributed by atoms with E-state index < -0.39 is 6.10 Å². The summed E-state index contributed by atoms with van der Waals surface area (Å²) >= 11 is 0. The van der Waals surface area contributed by atoms with Crippen molar-refractivity contribution in [1.29, 1.82) is 0 Å². The summed E-state index contributed by atoms with van der Waals surface area (Å²) in [4.78, 5) is 12.3. The Kier molecular flexibility index (Phi) is 4.86. The third-order valence-electron chi connectivity index (χ3n) is 3.79. The van der Waals surface area contributed by atoms with Crippen LogP contribution in [0.3, 0.4) is 0 Å². The van der Waals surface area contributed by atoms with Gasteiger partial charge in [0, 0.05) is 5.69 Å². The monoisotopic (exact) mass is 297 g/mol. The number of benzene rings is 2. The van der Waals surface area contributed by atoms with Gasteiger partial charge >= 0.3 is 0 Å². The van der Waals surface area contributed by atoms with Crippen molar-refractivity contribution in [3.8, 4) is 5.75 Å². The Morgan fingerprint density at radius 3 is 2.32 bits per heavy atom. The van der Waals surface area contributed by atoms with Crippen LogP contribution in [0.2, 0.25) is 0 Å². The lowest BCUT2D eigenvalue weighted by Gasteiger charge is -2.17. The fourth-order valence-electron chi connectivity index (χ4n) is 2.14. The maximum Gasteiger partial charge on any atom is 0.265 e. The van der Waals surface area contributed by atoms with Crippen LogP contribution in [0, 0.1) is 27.7 Å². The van der Waals surface area contributed by atoms with Crippen molar-refractivity contribution in [2.24, 2.45) is 0 Å². The molecule has 0 aliphatic heterocycles. The maximum absolute atomic E-state index is 12.3. The molecule has 0 saturated carbocycles. The number of ether oxygens (including phenoxy) is 1. The first kappa shape index (κ1) is 16.1. The summed E-state index contributed by atoms with van der Waals surface area (Å²) in [6, 6.07) is 11.9. The van der Waals surface area contributed by atoms with E-state index in [1.165, 1.54) is 5.56 Å². The number of carbonyl (C=O) groups is 1. The fourth-order valence-corrected chi connectivity index (χ4v) is 2.14. The molecular weight excluding hydrogens is 274 g/mol. The molecule has 0 saturated heterocycles. The Labute approximate surface area is 132 Å². The number of rotatable bonds is 4. The molecule has 0 bridgehead atoms. The van der Waals surface area contributed by atoms with Crippen molar-refractivity contribution in [2.45, 2.75) is 40.7 Å². The number of hydrogen-bond acceptors (Lipinski definition) is 2. The molecular formula is C19H23NO2. The van der Waals surface area contributed by atoms with E-state index in [9.17, 15) is 4.79 Å². The smallest absolute Gasteiger partial charge is 0.265 e. The van der Waals surface area contributed by atoms with Gasteiger partial charge in [0.25, 0.3) is 5.91 Å². The highest BCUT2D eigenvalue weighted by atomic mass is 16.5. The maximum atomic E-state index is 12.3. The Morgan fingerprint density at radius 2 is 1.64 bits per heavy atom. The van der Waals surface area contributed by atoms with Gasteiger partial charge in [0.2, 0.25) is 0 Å². The number of aryl methyl sites for hydroxylation is 4. The van der Waals surface area contributed by atoms with E-state index in [1.807, 2.05) is 64.1 Å². The van der Waals surface area contributed by atoms with E-state index >= 15 is 0 Å². The summed E-state index contributed by atoms with van der Waals surface area (Å²) in [5.41, 5.74) is 5.29. The van der Waals surface area contributed by atoms with Gasteiger partial charge in [0.05, 0.1) is 0 Å². The Hall–Kier alpha value is -2.29. The number of anilines is 1. The standard InChI is InChI=1S/C19H23NO2/c1-12-6-7-14(3)18(10-12)22-16(5)19(21)20-17-9-8-13(2)15(4)11-17/h6-11,16H,1-5H3,(H,20,21)/t16-/m1/s1. The van der Waals surface area contributed by atoms with Crippen molar-refractivity contribution in [3.05, 3.63) is 58.7 Å². The number of hydrogen-bond donors (Lipinski definition) is 1. The van der Waals surface area contributed by atoms with Crippen LogP contribution >= 0.6 is 0 Å². The van der Waals surface area contributed by atoms with Gasteiger partial charge in [-0.2, -0.15) is 0 Å². The summed E-state index contributed by atoms with van der Waals surface area (Å²) in [6.45, 7) is 9.82. The zero-order valence-electron chi connectivity index (χ0n) is 13.9. The molecule has 2 aromatic rings. The summed E-state index contributed by atoms with van der Waals surface area (Å²) in [5.74, 6) is 0.604. The average molecular weight is 297 g/mol. The highest BCUT2D eigenvalue weighted by Crippen LogP contribution is 2.21. The third-order valence-corrected chi connectivity index (χ3v) is 3.79. The van der Waals surface area contributed by atoms with Gasteiger partial charge < -0.3 is 10.1 Å². The third kappa shape index (κ3) is 3.88. The first-order chi connectivity index (χ1) is 10.4. The van der Waals surface area contributed by atoms with E-state index in [-0.39, 0.29) is 5.91 Å². The van der Waals surface area contributed by atoms with Crippen LogP contribution in [0.5, 0.6) is 5.75 Å². The zero-order chi connectivity index (χ0) is 16.3. The Balaban J connectivity index is 2.05. The minimum Gasteiger partial charge on any atom is -0.481 e. The summed E-state index contributed by atoms with van der Waals surface area (Å²) in [7, 11) is 0. The molecule has 116 valence electrons. The van der Waals surface area contributed by atoms with Crippen molar-refractivity contribution in [3.63, 3.8) is 0 Å². The van der Waals surface area contributed by atoms with E-state index in [0.717, 1.165) is 28.1 Å². The summed E-state index contributed by atoms with van der Waals surface area (Å²) in [5, 5.41) is 2.90. The molecule has 1 amide bonds. The van der Waals surface area contributed by atoms with Crippen molar-refractivity contribution in [2.75, 3.05) is 5.32 Å². The molecule has 0 fully saturated rings. The topological polar surface area (TPSA) is 38.3 Å². The average Bonchev–Trinajstić information content (AvgIpc) is 2.46. The predicted molar refractivity (Wildman–Crippen MR) is 90.6 cm³/mol. The fraction of sp³-hybridized carbons (Fsp3) is 0.316. The van der Waals surface area contributed by atoms with Crippen molar-refractivity contribution in [1.82, 2.24) is 0 Å². The van der Waals surface area contributed by atoms with Crippen LogP contribution in [0.15, 0.2) is 36.4 Å². The molecule has 22 heavy (non-hydrogen) atoms. The molecule has 2 aromatic carbocycles. The summed E-state index contributed by atoms with van der Waals surface area (Å²) < 4.78 is 5.80. The highest BCUT2D eigenvalue weighted by molar-refractivity contribution is 5.94. The molecule has 1 N–H and O–H groups in total. The lowest BCUT2D eigenvalue weighted by Crippen LogP contribution is -2.30. The molecule has 0 aliphatic rings. The SMILES string of the molecule is Cc1ccc(C)c(O[C@H](C)C(=O)Nc2ccc(C)c(C)c2)c1. The first-order valence-electron chi connectivity index (χ1n) is 7.49. The van der Waals surface area contributed by atoms with Crippen LogP contribution in [-0.2, 0) is 4.79 Å². The second-order valence-electron chi connectivity index (χ2n) is 5.82. The van der Waals surface area contributed by atoms with E-state index in [0.29, 0.717) is 0 Å². The lowest BCUT2D eigenvalue weighted by molar-refractivity contribution is -0.122. The lowest BCUT2D eigenvalue weighted by atomic mass is 10.1. The minimum atomic E-state index is -0.554.